The highest BCUT2D eigenvalue weighted by Gasteiger charge is 2.35. The Morgan fingerprint density at radius 3 is 2.35 bits per heavy atom. The van der Waals surface area contributed by atoms with Crippen molar-refractivity contribution >= 4 is 35.2 Å². The Labute approximate surface area is 131 Å². The van der Waals surface area contributed by atoms with E-state index in [-0.39, 0.29) is 15.8 Å². The van der Waals surface area contributed by atoms with Gasteiger partial charge in [-0.2, -0.15) is 0 Å². The van der Waals surface area contributed by atoms with E-state index in [0.717, 1.165) is 6.42 Å². The molecule has 0 aromatic carbocycles. The maximum Gasteiger partial charge on any atom is 0.222 e. The van der Waals surface area contributed by atoms with E-state index < -0.39 is 0 Å². The molecule has 0 aromatic heterocycles. The first-order valence-electron chi connectivity index (χ1n) is 7.49. The summed E-state index contributed by atoms with van der Waals surface area (Å²) in [5.41, 5.74) is 0. The number of unbranched alkanes of at least 4 members (excludes halogenated alkanes) is 1. The maximum absolute atomic E-state index is 12.2. The summed E-state index contributed by atoms with van der Waals surface area (Å²) in [5.74, 6) is 2.63. The lowest BCUT2D eigenvalue weighted by atomic mass is 10.1. The maximum atomic E-state index is 12.2. The first-order chi connectivity index (χ1) is 9.49. The minimum atomic E-state index is 0.0462. The van der Waals surface area contributed by atoms with Crippen molar-refractivity contribution in [3.8, 4) is 0 Å². The Hall–Kier alpha value is -0.160. The van der Waals surface area contributed by atoms with E-state index in [9.17, 15) is 9.59 Å². The zero-order valence-corrected chi connectivity index (χ0v) is 14.6. The Kier molecular flexibility index (Phi) is 8.03. The highest BCUT2D eigenvalue weighted by atomic mass is 32.2. The fraction of sp³-hybridized carbons (Fsp3) is 0.867. The third kappa shape index (κ3) is 6.08. The summed E-state index contributed by atoms with van der Waals surface area (Å²) < 4.78 is 0.0898. The summed E-state index contributed by atoms with van der Waals surface area (Å²) in [7, 11) is 3.48. The summed E-state index contributed by atoms with van der Waals surface area (Å²) in [6.07, 6.45) is 6.10. The van der Waals surface area contributed by atoms with Gasteiger partial charge in [0, 0.05) is 33.4 Å². The molecular formula is C15H27NO2S2. The van der Waals surface area contributed by atoms with Crippen LogP contribution in [0.2, 0.25) is 0 Å². The molecule has 0 aliphatic carbocycles. The average molecular weight is 318 g/mol. The van der Waals surface area contributed by atoms with Gasteiger partial charge in [-0.1, -0.05) is 19.8 Å². The summed E-state index contributed by atoms with van der Waals surface area (Å²) in [5, 5.41) is 0. The second-order valence-electron chi connectivity index (χ2n) is 5.57. The van der Waals surface area contributed by atoms with E-state index in [0.29, 0.717) is 19.3 Å². The van der Waals surface area contributed by atoms with Gasteiger partial charge in [-0.25, -0.2) is 0 Å². The van der Waals surface area contributed by atoms with Crippen molar-refractivity contribution in [3.05, 3.63) is 0 Å². The van der Waals surface area contributed by atoms with Gasteiger partial charge < -0.3 is 4.90 Å². The number of thioether (sulfide) groups is 2. The molecular weight excluding hydrogens is 290 g/mol. The molecule has 0 saturated carbocycles. The second kappa shape index (κ2) is 8.98. The quantitative estimate of drug-likeness (QED) is 0.686. The van der Waals surface area contributed by atoms with Crippen LogP contribution in [0, 0.1) is 0 Å². The van der Waals surface area contributed by atoms with Gasteiger partial charge >= 0.3 is 0 Å². The van der Waals surface area contributed by atoms with Crippen molar-refractivity contribution in [1.29, 1.82) is 0 Å². The molecule has 0 spiro atoms. The minimum Gasteiger partial charge on any atom is -0.349 e. The number of ketones is 1. The third-order valence-corrected chi connectivity index (χ3v) is 6.95. The Bertz CT molecular complexity index is 326. The second-order valence-corrected chi connectivity index (χ2v) is 8.78. The van der Waals surface area contributed by atoms with Crippen LogP contribution in [0.25, 0.3) is 0 Å². The molecule has 0 atom stereocenters. The van der Waals surface area contributed by atoms with E-state index >= 15 is 0 Å². The number of carbonyl (C=O) groups is 2. The van der Waals surface area contributed by atoms with Gasteiger partial charge in [-0.3, -0.25) is 9.59 Å². The zero-order chi connectivity index (χ0) is 15.0. The molecule has 1 rings (SSSR count). The number of amides is 1. The van der Waals surface area contributed by atoms with Gasteiger partial charge in [0.1, 0.15) is 5.78 Å². The lowest BCUT2D eigenvalue weighted by molar-refractivity contribution is -0.131. The highest BCUT2D eigenvalue weighted by molar-refractivity contribution is 8.18. The molecule has 0 bridgehead atoms. The third-order valence-electron chi connectivity index (χ3n) is 3.51. The summed E-state index contributed by atoms with van der Waals surface area (Å²) >= 11 is 3.93. The molecule has 1 aliphatic rings. The van der Waals surface area contributed by atoms with Gasteiger partial charge in [0.25, 0.3) is 0 Å². The minimum absolute atomic E-state index is 0.0462. The number of rotatable bonds is 8. The van der Waals surface area contributed by atoms with Crippen molar-refractivity contribution in [2.24, 2.45) is 0 Å². The Morgan fingerprint density at radius 1 is 1.15 bits per heavy atom. The number of hydrogen-bond donors (Lipinski definition) is 0. The van der Waals surface area contributed by atoms with Crippen LogP contribution in [0.4, 0.5) is 0 Å². The van der Waals surface area contributed by atoms with Gasteiger partial charge in [-0.05, 0) is 24.3 Å². The fourth-order valence-corrected chi connectivity index (χ4v) is 5.70. The lowest BCUT2D eigenvalue weighted by Gasteiger charge is -2.35. The van der Waals surface area contributed by atoms with E-state index in [4.69, 9.17) is 0 Å². The van der Waals surface area contributed by atoms with E-state index in [2.05, 4.69) is 6.92 Å². The van der Waals surface area contributed by atoms with Crippen LogP contribution < -0.4 is 0 Å². The van der Waals surface area contributed by atoms with Crippen molar-refractivity contribution in [3.63, 3.8) is 0 Å². The van der Waals surface area contributed by atoms with Gasteiger partial charge in [0.15, 0.2) is 0 Å². The van der Waals surface area contributed by atoms with Crippen LogP contribution in [-0.2, 0) is 9.59 Å². The van der Waals surface area contributed by atoms with Crippen LogP contribution in [0.5, 0.6) is 0 Å². The monoisotopic (exact) mass is 317 g/mol. The van der Waals surface area contributed by atoms with E-state index in [1.807, 2.05) is 23.5 Å². The molecule has 0 aromatic rings. The van der Waals surface area contributed by atoms with Crippen molar-refractivity contribution < 1.29 is 9.59 Å². The van der Waals surface area contributed by atoms with E-state index in [1.54, 1.807) is 19.0 Å². The van der Waals surface area contributed by atoms with Crippen molar-refractivity contribution in [1.82, 2.24) is 4.90 Å². The number of nitrogens with zero attached hydrogens (tertiary/aromatic N) is 1. The molecule has 20 heavy (non-hydrogen) atoms. The van der Waals surface area contributed by atoms with Crippen LogP contribution >= 0.6 is 23.5 Å². The lowest BCUT2D eigenvalue weighted by Crippen LogP contribution is -2.29. The fourth-order valence-electron chi connectivity index (χ4n) is 2.26. The normalized spacial score (nSPS) is 17.8. The summed E-state index contributed by atoms with van der Waals surface area (Å²) in [4.78, 5) is 25.3. The Balaban J connectivity index is 2.47. The SMILES string of the molecule is CCCCC1(CC(=O)CCC(=O)N(C)C)SCCCS1. The molecule has 1 saturated heterocycles. The molecule has 3 nitrogen and oxygen atoms in total. The predicted octanol–water partition coefficient (Wildman–Crippen LogP) is 3.57. The molecule has 0 radical (unpaired) electrons. The Morgan fingerprint density at radius 2 is 1.80 bits per heavy atom. The zero-order valence-electron chi connectivity index (χ0n) is 12.9. The molecule has 0 unspecified atom stereocenters. The van der Waals surface area contributed by atoms with E-state index in [1.165, 1.54) is 30.8 Å². The molecule has 0 N–H and O–H groups in total. The number of hydrogen-bond acceptors (Lipinski definition) is 4. The van der Waals surface area contributed by atoms with Crippen LogP contribution in [-0.4, -0.2) is 46.3 Å². The van der Waals surface area contributed by atoms with Crippen molar-refractivity contribution in [2.75, 3.05) is 25.6 Å². The topological polar surface area (TPSA) is 37.4 Å². The predicted molar refractivity (Wildman–Crippen MR) is 89.3 cm³/mol. The summed E-state index contributed by atoms with van der Waals surface area (Å²) in [6, 6.07) is 0. The van der Waals surface area contributed by atoms with Crippen molar-refractivity contribution in [2.45, 2.75) is 55.9 Å². The van der Waals surface area contributed by atoms with Gasteiger partial charge in [0.05, 0.1) is 4.08 Å². The molecule has 1 heterocycles. The molecule has 1 fully saturated rings. The molecule has 1 amide bonds. The molecule has 1 aliphatic heterocycles. The average Bonchev–Trinajstić information content (AvgIpc) is 2.43. The standard InChI is InChI=1S/C15H27NO2S2/c1-4-5-9-15(19-10-6-11-20-15)12-13(17)7-8-14(18)16(2)3/h4-12H2,1-3H3. The van der Waals surface area contributed by atoms with Crippen LogP contribution in [0.3, 0.4) is 0 Å². The largest absolute Gasteiger partial charge is 0.349 e. The van der Waals surface area contributed by atoms with Crippen LogP contribution in [0.1, 0.15) is 51.9 Å². The first-order valence-corrected chi connectivity index (χ1v) is 9.46. The summed E-state index contributed by atoms with van der Waals surface area (Å²) in [6.45, 7) is 2.20. The van der Waals surface area contributed by atoms with Gasteiger partial charge in [-0.15, -0.1) is 23.5 Å². The first kappa shape index (κ1) is 17.9. The highest BCUT2D eigenvalue weighted by Crippen LogP contribution is 2.48. The van der Waals surface area contributed by atoms with Gasteiger partial charge in [0.2, 0.25) is 5.91 Å². The van der Waals surface area contributed by atoms with Crippen LogP contribution in [0.15, 0.2) is 0 Å². The smallest absolute Gasteiger partial charge is 0.222 e. The molecule has 5 heteroatoms. The number of carbonyl (C=O) groups excluding carboxylic acids is 2. The number of Topliss-reactive ketones (excluding diaryl/α,β-unsaturated/α-hetero) is 1. The molecule has 116 valence electrons.